The van der Waals surface area contributed by atoms with Gasteiger partial charge < -0.3 is 24.2 Å². The van der Waals surface area contributed by atoms with Gasteiger partial charge in [-0.3, -0.25) is 9.59 Å². The van der Waals surface area contributed by atoms with Crippen molar-refractivity contribution < 1.29 is 28.9 Å². The van der Waals surface area contributed by atoms with Crippen molar-refractivity contribution in [1.82, 2.24) is 4.90 Å². The monoisotopic (exact) mass is 437 g/mol. The Balaban J connectivity index is 1.82. The molecule has 0 aromatic heterocycles. The van der Waals surface area contributed by atoms with Crippen LogP contribution in [-0.2, 0) is 20.7 Å². The standard InChI is InChI=1S/C25H27NO6/c1-4-31-19-7-5-6-16(14-19)22-21(24(28)25(29)26(22)10-11-30-3)23(27)17-8-9-20-18(13-17)12-15(2)32-20/h5-9,13-15,22,27H,4,10-12H2,1-3H3/t15-,22+/m1/s1. The molecule has 1 fully saturated rings. The first kappa shape index (κ1) is 21.9. The molecule has 0 unspecified atom stereocenters. The number of fused-ring (bicyclic) bond motifs is 1. The highest BCUT2D eigenvalue weighted by molar-refractivity contribution is 6.46. The van der Waals surface area contributed by atoms with Gasteiger partial charge in [-0.05, 0) is 55.3 Å². The van der Waals surface area contributed by atoms with Crippen LogP contribution in [0.2, 0.25) is 0 Å². The van der Waals surface area contributed by atoms with E-state index < -0.39 is 17.7 Å². The number of carbonyl (C=O) groups excluding carboxylic acids is 2. The SMILES string of the molecule is CCOc1cccc([C@H]2C(=C(O)c3ccc4c(c3)C[C@@H](C)O4)C(=O)C(=O)N2CCOC)c1. The van der Waals surface area contributed by atoms with Gasteiger partial charge in [0.25, 0.3) is 11.7 Å². The number of aliphatic hydroxyl groups excluding tert-OH is 1. The average molecular weight is 437 g/mol. The number of nitrogens with zero attached hydrogens (tertiary/aromatic N) is 1. The number of benzene rings is 2. The van der Waals surface area contributed by atoms with Crippen LogP contribution in [0.15, 0.2) is 48.0 Å². The average Bonchev–Trinajstić information content (AvgIpc) is 3.28. The lowest BCUT2D eigenvalue weighted by molar-refractivity contribution is -0.140. The second-order valence-electron chi connectivity index (χ2n) is 7.95. The van der Waals surface area contributed by atoms with Crippen LogP contribution >= 0.6 is 0 Å². The zero-order valence-electron chi connectivity index (χ0n) is 18.5. The van der Waals surface area contributed by atoms with Crippen molar-refractivity contribution in [2.45, 2.75) is 32.4 Å². The molecule has 7 heteroatoms. The molecule has 0 spiro atoms. The Labute approximate surface area is 187 Å². The number of amides is 1. The lowest BCUT2D eigenvalue weighted by Gasteiger charge is -2.25. The third-order valence-electron chi connectivity index (χ3n) is 5.73. The molecular formula is C25H27NO6. The number of ether oxygens (including phenoxy) is 3. The Morgan fingerprint density at radius 3 is 2.78 bits per heavy atom. The number of Topliss-reactive ketones (excluding diaryl/α,β-unsaturated/α-hetero) is 1. The van der Waals surface area contributed by atoms with Gasteiger partial charge in [0.05, 0.1) is 24.8 Å². The summed E-state index contributed by atoms with van der Waals surface area (Å²) in [5.74, 6) is -0.164. The lowest BCUT2D eigenvalue weighted by atomic mass is 9.94. The minimum Gasteiger partial charge on any atom is -0.507 e. The molecule has 4 rings (SSSR count). The van der Waals surface area contributed by atoms with Gasteiger partial charge in [0.2, 0.25) is 0 Å². The maximum absolute atomic E-state index is 13.1. The van der Waals surface area contributed by atoms with E-state index in [0.717, 1.165) is 17.7 Å². The van der Waals surface area contributed by atoms with Gasteiger partial charge in [-0.2, -0.15) is 0 Å². The normalized spacial score (nSPS) is 21.5. The number of likely N-dealkylation sites (tertiary alicyclic amines) is 1. The van der Waals surface area contributed by atoms with E-state index in [1.807, 2.05) is 38.1 Å². The van der Waals surface area contributed by atoms with Crippen molar-refractivity contribution in [3.05, 3.63) is 64.7 Å². The summed E-state index contributed by atoms with van der Waals surface area (Å²) in [7, 11) is 1.54. The van der Waals surface area contributed by atoms with Crippen LogP contribution in [0.25, 0.3) is 5.76 Å². The van der Waals surface area contributed by atoms with Crippen LogP contribution < -0.4 is 9.47 Å². The molecule has 168 valence electrons. The van der Waals surface area contributed by atoms with E-state index >= 15 is 0 Å². The van der Waals surface area contributed by atoms with Crippen molar-refractivity contribution >= 4 is 17.4 Å². The number of aliphatic hydroxyl groups is 1. The molecule has 1 N–H and O–H groups in total. The topological polar surface area (TPSA) is 85.3 Å². The second kappa shape index (κ2) is 9.04. The first-order valence-corrected chi connectivity index (χ1v) is 10.7. The van der Waals surface area contributed by atoms with Crippen molar-refractivity contribution in [3.63, 3.8) is 0 Å². The Hall–Kier alpha value is -3.32. The summed E-state index contributed by atoms with van der Waals surface area (Å²) in [4.78, 5) is 27.4. The van der Waals surface area contributed by atoms with E-state index in [4.69, 9.17) is 14.2 Å². The summed E-state index contributed by atoms with van der Waals surface area (Å²) >= 11 is 0. The van der Waals surface area contributed by atoms with E-state index in [1.54, 1.807) is 18.2 Å². The van der Waals surface area contributed by atoms with Crippen molar-refractivity contribution in [3.8, 4) is 11.5 Å². The van der Waals surface area contributed by atoms with Crippen LogP contribution in [0.4, 0.5) is 0 Å². The van der Waals surface area contributed by atoms with Crippen molar-refractivity contribution in [1.29, 1.82) is 0 Å². The molecule has 1 amide bonds. The summed E-state index contributed by atoms with van der Waals surface area (Å²) in [6.07, 6.45) is 0.779. The van der Waals surface area contributed by atoms with Crippen LogP contribution in [0, 0.1) is 0 Å². The van der Waals surface area contributed by atoms with Gasteiger partial charge in [0.15, 0.2) is 0 Å². The number of methoxy groups -OCH3 is 1. The molecule has 1 saturated heterocycles. The van der Waals surface area contributed by atoms with Gasteiger partial charge in [-0.1, -0.05) is 12.1 Å². The minimum absolute atomic E-state index is 0.0586. The molecular weight excluding hydrogens is 410 g/mol. The third kappa shape index (κ3) is 3.96. The van der Waals surface area contributed by atoms with Crippen LogP contribution in [-0.4, -0.2) is 54.7 Å². The fraction of sp³-hybridized carbons (Fsp3) is 0.360. The van der Waals surface area contributed by atoms with Gasteiger partial charge in [0, 0.05) is 25.6 Å². The lowest BCUT2D eigenvalue weighted by Crippen LogP contribution is -2.32. The fourth-order valence-corrected chi connectivity index (χ4v) is 4.31. The summed E-state index contributed by atoms with van der Waals surface area (Å²) in [6, 6.07) is 11.8. The third-order valence-corrected chi connectivity index (χ3v) is 5.73. The highest BCUT2D eigenvalue weighted by atomic mass is 16.5. The van der Waals surface area contributed by atoms with E-state index in [-0.39, 0.29) is 30.6 Å². The zero-order chi connectivity index (χ0) is 22.8. The van der Waals surface area contributed by atoms with E-state index in [2.05, 4.69) is 0 Å². The maximum atomic E-state index is 13.1. The van der Waals surface area contributed by atoms with Crippen LogP contribution in [0.5, 0.6) is 11.5 Å². The number of hydrogen-bond donors (Lipinski definition) is 1. The molecule has 2 aliphatic heterocycles. The fourth-order valence-electron chi connectivity index (χ4n) is 4.31. The summed E-state index contributed by atoms with van der Waals surface area (Å²) < 4.78 is 16.5. The number of hydrogen-bond acceptors (Lipinski definition) is 6. The minimum atomic E-state index is -0.742. The van der Waals surface area contributed by atoms with Gasteiger partial charge in [0.1, 0.15) is 23.4 Å². The number of carbonyl (C=O) groups is 2. The Morgan fingerprint density at radius 2 is 2.03 bits per heavy atom. The highest BCUT2D eigenvalue weighted by Crippen LogP contribution is 2.41. The van der Waals surface area contributed by atoms with Crippen molar-refractivity contribution in [2.75, 3.05) is 26.9 Å². The Morgan fingerprint density at radius 1 is 1.22 bits per heavy atom. The van der Waals surface area contributed by atoms with Gasteiger partial charge in [-0.15, -0.1) is 0 Å². The van der Waals surface area contributed by atoms with E-state index in [0.29, 0.717) is 23.5 Å². The molecule has 7 nitrogen and oxygen atoms in total. The van der Waals surface area contributed by atoms with Gasteiger partial charge in [-0.25, -0.2) is 0 Å². The molecule has 2 aliphatic rings. The molecule has 0 aliphatic carbocycles. The smallest absolute Gasteiger partial charge is 0.295 e. The molecule has 0 radical (unpaired) electrons. The predicted octanol–water partition coefficient (Wildman–Crippen LogP) is 3.48. The number of rotatable bonds is 7. The first-order valence-electron chi connectivity index (χ1n) is 10.7. The molecule has 0 saturated carbocycles. The first-order chi connectivity index (χ1) is 15.4. The van der Waals surface area contributed by atoms with E-state index in [9.17, 15) is 14.7 Å². The summed E-state index contributed by atoms with van der Waals surface area (Å²) in [5.41, 5.74) is 2.19. The highest BCUT2D eigenvalue weighted by Gasteiger charge is 2.46. The van der Waals surface area contributed by atoms with Gasteiger partial charge >= 0.3 is 0 Å². The molecule has 2 heterocycles. The molecule has 0 bridgehead atoms. The second-order valence-corrected chi connectivity index (χ2v) is 7.95. The van der Waals surface area contributed by atoms with Crippen LogP contribution in [0.3, 0.4) is 0 Å². The largest absolute Gasteiger partial charge is 0.507 e. The quantitative estimate of drug-likeness (QED) is 0.406. The Kier molecular flexibility index (Phi) is 6.19. The number of ketones is 1. The molecule has 2 aromatic rings. The van der Waals surface area contributed by atoms with Crippen molar-refractivity contribution in [2.24, 2.45) is 0 Å². The molecule has 32 heavy (non-hydrogen) atoms. The maximum Gasteiger partial charge on any atom is 0.295 e. The zero-order valence-corrected chi connectivity index (χ0v) is 18.5. The molecule has 2 aromatic carbocycles. The summed E-state index contributed by atoms with van der Waals surface area (Å²) in [6.45, 7) is 4.84. The Bertz CT molecular complexity index is 1080. The molecule has 2 atom stereocenters. The van der Waals surface area contributed by atoms with E-state index in [1.165, 1.54) is 12.0 Å². The predicted molar refractivity (Wildman–Crippen MR) is 119 cm³/mol. The van der Waals surface area contributed by atoms with Crippen LogP contribution in [0.1, 0.15) is 36.6 Å². The summed E-state index contributed by atoms with van der Waals surface area (Å²) in [5, 5.41) is 11.2.